The van der Waals surface area contributed by atoms with Crippen LogP contribution in [0.3, 0.4) is 0 Å². The minimum Gasteiger partial charge on any atom is -0.363 e. The van der Waals surface area contributed by atoms with Crippen molar-refractivity contribution in [2.24, 2.45) is 0 Å². The number of aromatic nitrogens is 1. The van der Waals surface area contributed by atoms with Crippen LogP contribution in [0.1, 0.15) is 12.0 Å². The highest BCUT2D eigenvalue weighted by atomic mass is 32.1. The Labute approximate surface area is 50.4 Å². The van der Waals surface area contributed by atoms with Crippen LogP contribution < -0.4 is 0 Å². The van der Waals surface area contributed by atoms with Crippen molar-refractivity contribution in [1.29, 1.82) is 0 Å². The molecule has 0 aliphatic rings. The zero-order valence-electron chi connectivity index (χ0n) is 3.98. The number of nitrogens with zero attached hydrogens (tertiary/aromatic N) is 1. The average molecular weight is 131 g/mol. The molecule has 0 spiro atoms. The van der Waals surface area contributed by atoms with E-state index >= 15 is 0 Å². The Kier molecular flexibility index (Phi) is 1.57. The summed E-state index contributed by atoms with van der Waals surface area (Å²) in [5.41, 5.74) is 0.315. The molecule has 0 atom stereocenters. The molecule has 1 aromatic heterocycles. The van der Waals surface area contributed by atoms with Gasteiger partial charge in [-0.15, -0.1) is 0 Å². The fourth-order valence-electron chi connectivity index (χ4n) is 0.355. The molecule has 8 heavy (non-hydrogen) atoms. The van der Waals surface area contributed by atoms with Gasteiger partial charge in [-0.3, -0.25) is 0 Å². The van der Waals surface area contributed by atoms with E-state index in [1.54, 1.807) is 11.4 Å². The van der Waals surface area contributed by atoms with Gasteiger partial charge in [0.05, 0.1) is 0 Å². The zero-order chi connectivity index (χ0) is 5.98. The molecule has 0 aliphatic carbocycles. The first kappa shape index (κ1) is 5.68. The highest BCUT2D eigenvalue weighted by molar-refractivity contribution is 7.03. The normalized spacial score (nSPS) is 10.4. The summed E-state index contributed by atoms with van der Waals surface area (Å²) in [4.78, 5) is 0. The van der Waals surface area contributed by atoms with Gasteiger partial charge in [0, 0.05) is 5.38 Å². The minimum absolute atomic E-state index is 0.315. The topological polar surface area (TPSA) is 53.4 Å². The van der Waals surface area contributed by atoms with Gasteiger partial charge < -0.3 is 10.2 Å². The molecule has 0 amide bonds. The van der Waals surface area contributed by atoms with Gasteiger partial charge in [-0.05, 0) is 17.6 Å². The smallest absolute Gasteiger partial charge is 0.197 e. The predicted molar refractivity (Wildman–Crippen MR) is 29.3 cm³/mol. The van der Waals surface area contributed by atoms with Crippen molar-refractivity contribution < 1.29 is 10.2 Å². The number of hydrogen-bond acceptors (Lipinski definition) is 4. The molecule has 0 radical (unpaired) electrons. The van der Waals surface area contributed by atoms with Gasteiger partial charge in [-0.2, -0.15) is 4.37 Å². The van der Waals surface area contributed by atoms with Crippen LogP contribution >= 0.6 is 11.5 Å². The maximum absolute atomic E-state index is 8.41. The quantitative estimate of drug-likeness (QED) is 0.532. The lowest BCUT2D eigenvalue weighted by Gasteiger charge is -1.93. The Bertz CT molecular complexity index is 149. The molecule has 44 valence electrons. The molecule has 0 saturated heterocycles. The van der Waals surface area contributed by atoms with Crippen molar-refractivity contribution in [1.82, 2.24) is 4.37 Å². The predicted octanol–water partition coefficient (Wildman–Crippen LogP) is 0.126. The summed E-state index contributed by atoms with van der Waals surface area (Å²) in [6, 6.07) is 1.56. The Hall–Kier alpha value is -0.450. The molecular weight excluding hydrogens is 126 g/mol. The van der Waals surface area contributed by atoms with Gasteiger partial charge in [0.2, 0.25) is 0 Å². The number of hydrogen-bond donors (Lipinski definition) is 2. The van der Waals surface area contributed by atoms with E-state index in [0.29, 0.717) is 5.69 Å². The molecule has 1 aromatic rings. The molecule has 3 nitrogen and oxygen atoms in total. The second kappa shape index (κ2) is 2.21. The van der Waals surface area contributed by atoms with E-state index in [2.05, 4.69) is 4.37 Å². The number of aliphatic hydroxyl groups is 2. The van der Waals surface area contributed by atoms with Gasteiger partial charge >= 0.3 is 0 Å². The average Bonchev–Trinajstić information content (AvgIpc) is 2.12. The molecule has 1 heterocycles. The lowest BCUT2D eigenvalue weighted by Crippen LogP contribution is -1.92. The molecule has 2 N–H and O–H groups in total. The van der Waals surface area contributed by atoms with Crippen LogP contribution in [0.2, 0.25) is 0 Å². The molecule has 0 fully saturated rings. The third kappa shape index (κ3) is 1.03. The summed E-state index contributed by atoms with van der Waals surface area (Å²) >= 11 is 1.20. The van der Waals surface area contributed by atoms with Crippen molar-refractivity contribution in [3.63, 3.8) is 0 Å². The van der Waals surface area contributed by atoms with Crippen LogP contribution in [0.5, 0.6) is 0 Å². The molecule has 0 saturated carbocycles. The number of aliphatic hydroxyl groups excluding tert-OH is 1. The summed E-state index contributed by atoms with van der Waals surface area (Å²) in [5.74, 6) is 0. The second-order valence-corrected chi connectivity index (χ2v) is 1.96. The van der Waals surface area contributed by atoms with Gasteiger partial charge in [-0.1, -0.05) is 0 Å². The summed E-state index contributed by atoms with van der Waals surface area (Å²) in [6.07, 6.45) is -1.42. The Morgan fingerprint density at radius 2 is 2.38 bits per heavy atom. The van der Waals surface area contributed by atoms with Crippen LogP contribution in [-0.2, 0) is 0 Å². The Morgan fingerprint density at radius 1 is 1.62 bits per heavy atom. The molecule has 0 aromatic carbocycles. The maximum atomic E-state index is 8.41. The number of rotatable bonds is 1. The van der Waals surface area contributed by atoms with E-state index in [1.807, 2.05) is 0 Å². The van der Waals surface area contributed by atoms with Crippen LogP contribution in [0.25, 0.3) is 0 Å². The molecule has 4 heteroatoms. The Morgan fingerprint density at radius 3 is 2.62 bits per heavy atom. The van der Waals surface area contributed by atoms with Gasteiger partial charge in [-0.25, -0.2) is 0 Å². The van der Waals surface area contributed by atoms with E-state index in [9.17, 15) is 0 Å². The van der Waals surface area contributed by atoms with Crippen LogP contribution in [0.15, 0.2) is 11.4 Å². The lowest BCUT2D eigenvalue weighted by atomic mass is 10.4. The zero-order valence-corrected chi connectivity index (χ0v) is 4.80. The molecule has 0 aliphatic heterocycles. The summed E-state index contributed by atoms with van der Waals surface area (Å²) < 4.78 is 3.66. The van der Waals surface area contributed by atoms with Crippen LogP contribution in [-0.4, -0.2) is 14.6 Å². The van der Waals surface area contributed by atoms with E-state index < -0.39 is 6.29 Å². The molecule has 0 bridgehead atoms. The highest BCUT2D eigenvalue weighted by Gasteiger charge is 2.01. The lowest BCUT2D eigenvalue weighted by molar-refractivity contribution is -0.0451. The second-order valence-electron chi connectivity index (χ2n) is 1.30. The SMILES string of the molecule is OC(O)c1ccsn1. The van der Waals surface area contributed by atoms with Gasteiger partial charge in [0.15, 0.2) is 6.29 Å². The van der Waals surface area contributed by atoms with Crippen molar-refractivity contribution >= 4 is 11.5 Å². The minimum atomic E-state index is -1.42. The summed E-state index contributed by atoms with van der Waals surface area (Å²) in [7, 11) is 0. The first-order chi connectivity index (χ1) is 3.80. The monoisotopic (exact) mass is 131 g/mol. The van der Waals surface area contributed by atoms with Crippen molar-refractivity contribution in [2.45, 2.75) is 6.29 Å². The highest BCUT2D eigenvalue weighted by Crippen LogP contribution is 2.06. The molecule has 1 rings (SSSR count). The summed E-state index contributed by atoms with van der Waals surface area (Å²) in [6.45, 7) is 0. The van der Waals surface area contributed by atoms with E-state index in [-0.39, 0.29) is 0 Å². The van der Waals surface area contributed by atoms with E-state index in [1.165, 1.54) is 11.5 Å². The largest absolute Gasteiger partial charge is 0.363 e. The molecular formula is C4H5NO2S. The van der Waals surface area contributed by atoms with Crippen LogP contribution in [0, 0.1) is 0 Å². The maximum Gasteiger partial charge on any atom is 0.197 e. The van der Waals surface area contributed by atoms with Crippen molar-refractivity contribution in [2.75, 3.05) is 0 Å². The van der Waals surface area contributed by atoms with Crippen molar-refractivity contribution in [3.8, 4) is 0 Å². The van der Waals surface area contributed by atoms with E-state index in [4.69, 9.17) is 10.2 Å². The fraction of sp³-hybridized carbons (Fsp3) is 0.250. The van der Waals surface area contributed by atoms with Crippen molar-refractivity contribution in [3.05, 3.63) is 17.1 Å². The molecule has 0 unspecified atom stereocenters. The van der Waals surface area contributed by atoms with Gasteiger partial charge in [0.25, 0.3) is 0 Å². The van der Waals surface area contributed by atoms with Gasteiger partial charge in [0.1, 0.15) is 5.69 Å². The first-order valence-electron chi connectivity index (χ1n) is 2.07. The van der Waals surface area contributed by atoms with E-state index in [0.717, 1.165) is 0 Å². The first-order valence-corrected chi connectivity index (χ1v) is 2.91. The van der Waals surface area contributed by atoms with Crippen LogP contribution in [0.4, 0.5) is 0 Å². The third-order valence-corrected chi connectivity index (χ3v) is 1.30. The fourth-order valence-corrected chi connectivity index (χ4v) is 0.893. The third-order valence-electron chi connectivity index (χ3n) is 0.722. The summed E-state index contributed by atoms with van der Waals surface area (Å²) in [5, 5.41) is 18.5. The standard InChI is InChI=1S/C4H5NO2S/c6-4(7)3-1-2-8-5-3/h1-2,4,6-7H. The Balaban J connectivity index is 2.77.